The van der Waals surface area contributed by atoms with E-state index in [0.717, 1.165) is 12.1 Å². The number of fused-ring (bicyclic) bond motifs is 4. The van der Waals surface area contributed by atoms with Gasteiger partial charge in [-0.3, -0.25) is 14.6 Å². The highest BCUT2D eigenvalue weighted by atomic mass is 19.1. The molecule has 0 saturated carbocycles. The van der Waals surface area contributed by atoms with Gasteiger partial charge < -0.3 is 19.1 Å². The summed E-state index contributed by atoms with van der Waals surface area (Å²) >= 11 is 0. The fourth-order valence-corrected chi connectivity index (χ4v) is 5.10. The zero-order valence-corrected chi connectivity index (χ0v) is 17.0. The molecular weight excluding hydrogens is 387 g/mol. The normalized spacial score (nSPS) is 25.7. The van der Waals surface area contributed by atoms with Gasteiger partial charge in [0.2, 0.25) is 0 Å². The fourth-order valence-electron chi connectivity index (χ4n) is 5.10. The number of pyridine rings is 2. The Morgan fingerprint density at radius 3 is 2.87 bits per heavy atom. The molecule has 158 valence electrons. The van der Waals surface area contributed by atoms with Crippen molar-refractivity contribution >= 4 is 11.6 Å². The van der Waals surface area contributed by atoms with Gasteiger partial charge in [0.05, 0.1) is 24.6 Å². The van der Waals surface area contributed by atoms with E-state index in [4.69, 9.17) is 4.74 Å². The molecule has 3 aliphatic heterocycles. The second-order valence-corrected chi connectivity index (χ2v) is 8.55. The summed E-state index contributed by atoms with van der Waals surface area (Å²) in [6, 6.07) is 5.28. The van der Waals surface area contributed by atoms with Gasteiger partial charge in [0.25, 0.3) is 11.5 Å². The van der Waals surface area contributed by atoms with Gasteiger partial charge in [-0.2, -0.15) is 0 Å². The number of ether oxygens (including phenoxy) is 1. The highest BCUT2D eigenvalue weighted by Crippen LogP contribution is 2.37. The van der Waals surface area contributed by atoms with Gasteiger partial charge in [0.15, 0.2) is 5.82 Å². The first-order valence-electron chi connectivity index (χ1n) is 10.5. The van der Waals surface area contributed by atoms with Crippen molar-refractivity contribution in [2.45, 2.75) is 31.9 Å². The number of hydrogen-bond acceptors (Lipinski definition) is 5. The van der Waals surface area contributed by atoms with Gasteiger partial charge in [0, 0.05) is 50.5 Å². The molecule has 5 rings (SSSR count). The Balaban J connectivity index is 1.43. The average Bonchev–Trinajstić information content (AvgIpc) is 2.74. The third-order valence-corrected chi connectivity index (χ3v) is 6.45. The second-order valence-electron chi connectivity index (χ2n) is 8.55. The Hall–Kier alpha value is -2.74. The molecule has 2 fully saturated rings. The quantitative estimate of drug-likeness (QED) is 0.753. The monoisotopic (exact) mass is 412 g/mol. The van der Waals surface area contributed by atoms with Crippen molar-refractivity contribution in [3.63, 3.8) is 0 Å². The summed E-state index contributed by atoms with van der Waals surface area (Å²) in [6.45, 7) is 5.30. The Bertz CT molecular complexity index is 1040. The Morgan fingerprint density at radius 1 is 1.20 bits per heavy atom. The Labute approximate surface area is 174 Å². The molecule has 0 aromatic carbocycles. The number of amides is 1. The fraction of sp³-hybridized carbons (Fsp3) is 0.500. The van der Waals surface area contributed by atoms with Gasteiger partial charge in [-0.15, -0.1) is 0 Å². The van der Waals surface area contributed by atoms with E-state index in [0.29, 0.717) is 45.0 Å². The lowest BCUT2D eigenvalue weighted by Crippen LogP contribution is -2.49. The summed E-state index contributed by atoms with van der Waals surface area (Å²) < 4.78 is 21.5. The molecule has 8 heteroatoms. The molecular formula is C22H25FN4O3. The number of morpholine rings is 1. The van der Waals surface area contributed by atoms with Gasteiger partial charge in [-0.1, -0.05) is 0 Å². The van der Waals surface area contributed by atoms with Crippen molar-refractivity contribution < 1.29 is 13.9 Å². The lowest BCUT2D eigenvalue weighted by molar-refractivity contribution is -0.0125. The van der Waals surface area contributed by atoms with Crippen molar-refractivity contribution in [1.29, 1.82) is 0 Å². The summed E-state index contributed by atoms with van der Waals surface area (Å²) in [7, 11) is 0. The summed E-state index contributed by atoms with van der Waals surface area (Å²) in [4.78, 5) is 33.8. The van der Waals surface area contributed by atoms with E-state index in [1.807, 2.05) is 13.0 Å². The molecule has 2 saturated heterocycles. The highest BCUT2D eigenvalue weighted by molar-refractivity contribution is 5.94. The maximum Gasteiger partial charge on any atom is 0.263 e. The molecule has 7 nitrogen and oxygen atoms in total. The van der Waals surface area contributed by atoms with Crippen LogP contribution in [0.5, 0.6) is 0 Å². The summed E-state index contributed by atoms with van der Waals surface area (Å²) in [5.41, 5.74) is 1.51. The molecule has 2 bridgehead atoms. The largest absolute Gasteiger partial charge is 0.375 e. The number of carbonyl (C=O) groups is 1. The summed E-state index contributed by atoms with van der Waals surface area (Å²) in [6.07, 6.45) is 3.78. The van der Waals surface area contributed by atoms with E-state index in [9.17, 15) is 14.0 Å². The number of halogens is 1. The zero-order valence-electron chi connectivity index (χ0n) is 17.0. The van der Waals surface area contributed by atoms with Crippen molar-refractivity contribution in [2.24, 2.45) is 5.92 Å². The number of piperidine rings is 1. The van der Waals surface area contributed by atoms with Crippen LogP contribution in [-0.4, -0.2) is 59.2 Å². The standard InChI is InChI=1S/C22H25FN4O3/c1-14-10-25(6-7-30-14)21(28)17-2-3-19-16-8-15(12-27(19)22(17)29)11-26(13-16)20-4-5-24-9-18(20)23/h2-5,9,14-16H,6-8,10-13H2,1H3/t14-,15-,16+/m0/s1. The topological polar surface area (TPSA) is 67.7 Å². The highest BCUT2D eigenvalue weighted by Gasteiger charge is 2.36. The number of aromatic nitrogens is 2. The molecule has 0 radical (unpaired) electrons. The number of nitrogens with zero attached hydrogens (tertiary/aromatic N) is 4. The molecule has 0 spiro atoms. The van der Waals surface area contributed by atoms with Gasteiger partial charge in [-0.05, 0) is 37.5 Å². The van der Waals surface area contributed by atoms with E-state index < -0.39 is 0 Å². The van der Waals surface area contributed by atoms with Crippen LogP contribution in [0.1, 0.15) is 35.3 Å². The van der Waals surface area contributed by atoms with E-state index in [-0.39, 0.29) is 40.8 Å². The molecule has 0 N–H and O–H groups in total. The first-order valence-corrected chi connectivity index (χ1v) is 10.5. The van der Waals surface area contributed by atoms with Crippen molar-refractivity contribution in [1.82, 2.24) is 14.5 Å². The molecule has 2 aromatic heterocycles. The van der Waals surface area contributed by atoms with Crippen LogP contribution in [0.2, 0.25) is 0 Å². The Morgan fingerprint density at radius 2 is 2.07 bits per heavy atom. The predicted molar refractivity (Wildman–Crippen MR) is 109 cm³/mol. The maximum absolute atomic E-state index is 14.2. The number of rotatable bonds is 2. The smallest absolute Gasteiger partial charge is 0.263 e. The van der Waals surface area contributed by atoms with Gasteiger partial charge in [0.1, 0.15) is 5.56 Å². The van der Waals surface area contributed by atoms with Crippen LogP contribution in [0.4, 0.5) is 10.1 Å². The minimum Gasteiger partial charge on any atom is -0.375 e. The van der Waals surface area contributed by atoms with Crippen LogP contribution in [0, 0.1) is 11.7 Å². The lowest BCUT2D eigenvalue weighted by Gasteiger charge is -2.44. The minimum atomic E-state index is -0.324. The predicted octanol–water partition coefficient (Wildman–Crippen LogP) is 1.87. The molecule has 1 amide bonds. The maximum atomic E-state index is 14.2. The van der Waals surface area contributed by atoms with Crippen LogP contribution in [0.15, 0.2) is 35.4 Å². The van der Waals surface area contributed by atoms with E-state index in [1.54, 1.807) is 27.8 Å². The first-order chi connectivity index (χ1) is 14.5. The van der Waals surface area contributed by atoms with Crippen molar-refractivity contribution in [2.75, 3.05) is 37.7 Å². The van der Waals surface area contributed by atoms with Crippen LogP contribution >= 0.6 is 0 Å². The SMILES string of the molecule is C[C@H]1CN(C(=O)c2ccc3n(c2=O)C[C@H]2C[C@@H]3CN(c3ccncc3F)C2)CCO1. The van der Waals surface area contributed by atoms with E-state index >= 15 is 0 Å². The molecule has 0 unspecified atom stereocenters. The lowest BCUT2D eigenvalue weighted by atomic mass is 9.82. The molecule has 5 heterocycles. The van der Waals surface area contributed by atoms with Crippen molar-refractivity contribution in [3.05, 3.63) is 58.0 Å². The Kier molecular flexibility index (Phi) is 4.81. The molecule has 3 atom stereocenters. The van der Waals surface area contributed by atoms with Crippen molar-refractivity contribution in [3.8, 4) is 0 Å². The van der Waals surface area contributed by atoms with Gasteiger partial charge in [-0.25, -0.2) is 4.39 Å². The van der Waals surface area contributed by atoms with Crippen LogP contribution in [-0.2, 0) is 11.3 Å². The van der Waals surface area contributed by atoms with E-state index in [1.165, 1.54) is 6.20 Å². The van der Waals surface area contributed by atoms with Gasteiger partial charge >= 0.3 is 0 Å². The number of anilines is 1. The third-order valence-electron chi connectivity index (χ3n) is 6.45. The second kappa shape index (κ2) is 7.50. The van der Waals surface area contributed by atoms with Crippen LogP contribution < -0.4 is 10.5 Å². The zero-order chi connectivity index (χ0) is 20.8. The summed E-state index contributed by atoms with van der Waals surface area (Å²) in [5.74, 6) is -0.183. The number of carbonyl (C=O) groups excluding carboxylic acids is 1. The van der Waals surface area contributed by atoms with Crippen LogP contribution in [0.25, 0.3) is 0 Å². The molecule has 3 aliphatic rings. The molecule has 30 heavy (non-hydrogen) atoms. The average molecular weight is 412 g/mol. The minimum absolute atomic E-state index is 0.0259. The number of hydrogen-bond donors (Lipinski definition) is 0. The third kappa shape index (κ3) is 3.29. The van der Waals surface area contributed by atoms with Crippen LogP contribution in [0.3, 0.4) is 0 Å². The summed E-state index contributed by atoms with van der Waals surface area (Å²) in [5, 5.41) is 0. The van der Waals surface area contributed by atoms with E-state index in [2.05, 4.69) is 9.88 Å². The molecule has 2 aromatic rings. The molecule has 0 aliphatic carbocycles. The first kappa shape index (κ1) is 19.2.